The zero-order valence-corrected chi connectivity index (χ0v) is 24.8. The van der Waals surface area contributed by atoms with Crippen molar-refractivity contribution in [2.75, 3.05) is 0 Å². The van der Waals surface area contributed by atoms with Gasteiger partial charge in [-0.25, -0.2) is 10.1 Å². The average molecular weight is 593 g/mol. The van der Waals surface area contributed by atoms with E-state index in [4.69, 9.17) is 14.6 Å². The lowest BCUT2D eigenvalue weighted by molar-refractivity contribution is -0.127. The number of para-hydroxylation sites is 1. The highest BCUT2D eigenvalue weighted by atomic mass is 16.5. The van der Waals surface area contributed by atoms with Gasteiger partial charge in [-0.15, -0.1) is 0 Å². The zero-order valence-electron chi connectivity index (χ0n) is 24.8. The number of amides is 1. The molecule has 0 spiro atoms. The third-order valence-electron chi connectivity index (χ3n) is 7.16. The SMILES string of the molecule is CC(Oc1ccc(-c2ccccc2)cc1)C(=O)NN=Cc1cn(-c2ccccc2)nc1-c1ccc(OCc2ccccc2)cc1. The maximum absolute atomic E-state index is 12.8. The van der Waals surface area contributed by atoms with E-state index >= 15 is 0 Å². The van der Waals surface area contributed by atoms with Crippen molar-refractivity contribution in [1.82, 2.24) is 15.2 Å². The molecule has 1 aromatic heterocycles. The molecule has 0 aliphatic carbocycles. The first-order chi connectivity index (χ1) is 22.1. The minimum atomic E-state index is -0.750. The van der Waals surface area contributed by atoms with Crippen LogP contribution in [0.15, 0.2) is 151 Å². The van der Waals surface area contributed by atoms with E-state index in [0.717, 1.165) is 39.3 Å². The summed E-state index contributed by atoms with van der Waals surface area (Å²) >= 11 is 0. The van der Waals surface area contributed by atoms with E-state index in [2.05, 4.69) is 22.7 Å². The summed E-state index contributed by atoms with van der Waals surface area (Å²) in [5, 5.41) is 9.09. The fourth-order valence-electron chi connectivity index (χ4n) is 4.74. The molecule has 7 heteroatoms. The molecule has 1 atom stereocenters. The lowest BCUT2D eigenvalue weighted by atomic mass is 10.1. The summed E-state index contributed by atoms with van der Waals surface area (Å²) in [6.07, 6.45) is 2.73. The minimum Gasteiger partial charge on any atom is -0.489 e. The van der Waals surface area contributed by atoms with Gasteiger partial charge in [-0.1, -0.05) is 91.0 Å². The van der Waals surface area contributed by atoms with Gasteiger partial charge >= 0.3 is 0 Å². The summed E-state index contributed by atoms with van der Waals surface area (Å²) in [5.41, 5.74) is 9.15. The van der Waals surface area contributed by atoms with Gasteiger partial charge in [0.15, 0.2) is 6.10 Å². The van der Waals surface area contributed by atoms with Crippen LogP contribution in [0.5, 0.6) is 11.5 Å². The van der Waals surface area contributed by atoms with Crippen LogP contribution in [-0.2, 0) is 11.4 Å². The number of ether oxygens (including phenoxy) is 2. The van der Waals surface area contributed by atoms with Crippen LogP contribution in [0.2, 0.25) is 0 Å². The van der Waals surface area contributed by atoms with Gasteiger partial charge in [-0.3, -0.25) is 4.79 Å². The topological polar surface area (TPSA) is 77.7 Å². The van der Waals surface area contributed by atoms with Crippen LogP contribution in [0.3, 0.4) is 0 Å². The average Bonchev–Trinajstić information content (AvgIpc) is 3.53. The fraction of sp³-hybridized carbons (Fsp3) is 0.0789. The van der Waals surface area contributed by atoms with Crippen molar-refractivity contribution >= 4 is 12.1 Å². The Balaban J connectivity index is 1.13. The highest BCUT2D eigenvalue weighted by Crippen LogP contribution is 2.26. The largest absolute Gasteiger partial charge is 0.489 e. The van der Waals surface area contributed by atoms with Crippen LogP contribution >= 0.6 is 0 Å². The summed E-state index contributed by atoms with van der Waals surface area (Å²) in [7, 11) is 0. The van der Waals surface area contributed by atoms with Gasteiger partial charge in [-0.2, -0.15) is 10.2 Å². The number of hydrazone groups is 1. The smallest absolute Gasteiger partial charge is 0.280 e. The van der Waals surface area contributed by atoms with Crippen LogP contribution in [0, 0.1) is 0 Å². The highest BCUT2D eigenvalue weighted by Gasteiger charge is 2.15. The first-order valence-electron chi connectivity index (χ1n) is 14.7. The van der Waals surface area contributed by atoms with Crippen molar-refractivity contribution in [2.24, 2.45) is 5.10 Å². The number of rotatable bonds is 11. The summed E-state index contributed by atoms with van der Waals surface area (Å²) in [5.74, 6) is 0.996. The number of benzene rings is 5. The normalized spacial score (nSPS) is 11.7. The number of nitrogens with zero attached hydrogens (tertiary/aromatic N) is 3. The minimum absolute atomic E-state index is 0.365. The van der Waals surface area contributed by atoms with E-state index in [-0.39, 0.29) is 5.91 Å². The molecule has 1 heterocycles. The molecule has 1 amide bonds. The van der Waals surface area contributed by atoms with E-state index in [1.165, 1.54) is 0 Å². The number of carbonyl (C=O) groups excluding carboxylic acids is 1. The van der Waals surface area contributed by atoms with Gasteiger partial charge in [-0.05, 0) is 72.1 Å². The molecule has 5 aromatic carbocycles. The number of aromatic nitrogens is 2. The Kier molecular flexibility index (Phi) is 9.07. The maximum atomic E-state index is 12.8. The van der Waals surface area contributed by atoms with Crippen molar-refractivity contribution in [3.63, 3.8) is 0 Å². The van der Waals surface area contributed by atoms with Gasteiger partial charge in [0.1, 0.15) is 23.8 Å². The molecule has 1 unspecified atom stereocenters. The van der Waals surface area contributed by atoms with E-state index in [1.54, 1.807) is 17.8 Å². The second-order valence-electron chi connectivity index (χ2n) is 10.4. The van der Waals surface area contributed by atoms with Crippen LogP contribution in [0.25, 0.3) is 28.1 Å². The predicted octanol–water partition coefficient (Wildman–Crippen LogP) is 7.70. The molecule has 0 saturated carbocycles. The third kappa shape index (κ3) is 7.53. The lowest BCUT2D eigenvalue weighted by Gasteiger charge is -2.13. The van der Waals surface area contributed by atoms with Crippen molar-refractivity contribution in [2.45, 2.75) is 19.6 Å². The molecular formula is C38H32N4O3. The molecule has 222 valence electrons. The fourth-order valence-corrected chi connectivity index (χ4v) is 4.74. The first-order valence-corrected chi connectivity index (χ1v) is 14.7. The second-order valence-corrected chi connectivity index (χ2v) is 10.4. The molecule has 0 aliphatic heterocycles. The Morgan fingerprint density at radius 1 is 0.756 bits per heavy atom. The van der Waals surface area contributed by atoms with E-state index < -0.39 is 6.10 Å². The maximum Gasteiger partial charge on any atom is 0.280 e. The molecule has 7 nitrogen and oxygen atoms in total. The number of hydrogen-bond acceptors (Lipinski definition) is 5. The summed E-state index contributed by atoms with van der Waals surface area (Å²) < 4.78 is 13.6. The van der Waals surface area contributed by atoms with Gasteiger partial charge in [0.05, 0.1) is 11.9 Å². The molecule has 0 saturated heterocycles. The number of hydrogen-bond donors (Lipinski definition) is 1. The molecule has 6 rings (SSSR count). The first kappa shape index (κ1) is 29.1. The van der Waals surface area contributed by atoms with Gasteiger partial charge in [0, 0.05) is 17.3 Å². The molecule has 0 fully saturated rings. The molecular weight excluding hydrogens is 560 g/mol. The standard InChI is InChI=1S/C38H32N4O3/c1-28(45-36-23-17-31(18-24-36)30-13-7-3-8-14-30)38(43)40-39-25-33-26-42(34-15-9-4-10-16-34)41-37(33)32-19-21-35(22-20-32)44-27-29-11-5-2-6-12-29/h2-26,28H,27H2,1H3,(H,40,43). The van der Waals surface area contributed by atoms with Crippen LogP contribution in [0.1, 0.15) is 18.1 Å². The number of nitrogens with one attached hydrogen (secondary N) is 1. The van der Waals surface area contributed by atoms with E-state index in [0.29, 0.717) is 18.1 Å². The van der Waals surface area contributed by atoms with Crippen LogP contribution in [0.4, 0.5) is 0 Å². The Hall–Kier alpha value is -5.95. The molecule has 0 aliphatic rings. The lowest BCUT2D eigenvalue weighted by Crippen LogP contribution is -2.33. The van der Waals surface area contributed by atoms with E-state index in [1.807, 2.05) is 134 Å². The Bertz CT molecular complexity index is 1850. The van der Waals surface area contributed by atoms with Gasteiger partial charge in [0.25, 0.3) is 5.91 Å². The summed E-state index contributed by atoms with van der Waals surface area (Å²) in [4.78, 5) is 12.8. The second kappa shape index (κ2) is 14.0. The monoisotopic (exact) mass is 592 g/mol. The molecule has 1 N–H and O–H groups in total. The molecule has 0 radical (unpaired) electrons. The van der Waals surface area contributed by atoms with Gasteiger partial charge < -0.3 is 9.47 Å². The molecule has 6 aromatic rings. The number of carbonyl (C=O) groups is 1. The zero-order chi connectivity index (χ0) is 30.8. The Labute approximate surface area is 262 Å². The molecule has 45 heavy (non-hydrogen) atoms. The van der Waals surface area contributed by atoms with Crippen LogP contribution in [-0.4, -0.2) is 28.0 Å². The van der Waals surface area contributed by atoms with Crippen molar-refractivity contribution in [3.8, 4) is 39.6 Å². The van der Waals surface area contributed by atoms with Crippen molar-refractivity contribution in [1.29, 1.82) is 0 Å². The van der Waals surface area contributed by atoms with Gasteiger partial charge in [0.2, 0.25) is 0 Å². The highest BCUT2D eigenvalue weighted by molar-refractivity contribution is 5.90. The Morgan fingerprint density at radius 2 is 1.33 bits per heavy atom. The predicted molar refractivity (Wildman–Crippen MR) is 177 cm³/mol. The van der Waals surface area contributed by atoms with Crippen molar-refractivity contribution in [3.05, 3.63) is 157 Å². The Morgan fingerprint density at radius 3 is 2.02 bits per heavy atom. The molecule has 0 bridgehead atoms. The van der Waals surface area contributed by atoms with Crippen molar-refractivity contribution < 1.29 is 14.3 Å². The summed E-state index contributed by atoms with van der Waals surface area (Å²) in [6, 6.07) is 45.4. The summed E-state index contributed by atoms with van der Waals surface area (Å²) in [6.45, 7) is 2.18. The van der Waals surface area contributed by atoms with Crippen LogP contribution < -0.4 is 14.9 Å². The quantitative estimate of drug-likeness (QED) is 0.124. The third-order valence-corrected chi connectivity index (χ3v) is 7.16. The van der Waals surface area contributed by atoms with E-state index in [9.17, 15) is 4.79 Å².